The van der Waals surface area contributed by atoms with Crippen LogP contribution in [0.5, 0.6) is 0 Å². The van der Waals surface area contributed by atoms with Gasteiger partial charge in [-0.25, -0.2) is 9.67 Å². The van der Waals surface area contributed by atoms with E-state index in [1.807, 2.05) is 0 Å². The monoisotopic (exact) mass is 357 g/mol. The number of nitrogens with one attached hydrogen (secondary N) is 1. The number of carbonyl (C=O) groups excluding carboxylic acids is 2. The minimum absolute atomic E-state index is 0.0134. The quantitative estimate of drug-likeness (QED) is 0.884. The second-order valence-corrected chi connectivity index (χ2v) is 8.57. The number of piperidine rings is 1. The number of nitrogens with zero attached hydrogens (tertiary/aromatic N) is 4. The van der Waals surface area contributed by atoms with Crippen molar-refractivity contribution in [3.05, 3.63) is 12.2 Å². The van der Waals surface area contributed by atoms with Crippen molar-refractivity contribution in [1.82, 2.24) is 25.0 Å². The number of fused-ring (bicyclic) bond motifs is 1. The molecule has 1 spiro atoms. The Hall–Kier alpha value is -1.92. The number of amides is 2. The summed E-state index contributed by atoms with van der Waals surface area (Å²) in [6.07, 6.45) is 11.0. The number of carbonyl (C=O) groups is 2. The third-order valence-electron chi connectivity index (χ3n) is 6.93. The molecule has 1 saturated heterocycles. The summed E-state index contributed by atoms with van der Waals surface area (Å²) >= 11 is 0. The highest BCUT2D eigenvalue weighted by Crippen LogP contribution is 2.71. The van der Waals surface area contributed by atoms with E-state index >= 15 is 0 Å². The maximum Gasteiger partial charge on any atom is 0.245 e. The first kappa shape index (κ1) is 16.3. The van der Waals surface area contributed by atoms with Crippen LogP contribution >= 0.6 is 0 Å². The summed E-state index contributed by atoms with van der Waals surface area (Å²) in [6, 6.07) is -0.109. The van der Waals surface area contributed by atoms with E-state index in [9.17, 15) is 9.59 Å². The van der Waals surface area contributed by atoms with Crippen LogP contribution in [0.25, 0.3) is 0 Å². The SMILES string of the molecule is O=C(NCC1CCCCN1C(=O)C1CC12CC2)C1CCCc2ncnn21. The van der Waals surface area contributed by atoms with Gasteiger partial charge in [0.15, 0.2) is 0 Å². The molecule has 4 aliphatic rings. The number of aromatic nitrogens is 3. The molecule has 0 radical (unpaired) electrons. The van der Waals surface area contributed by atoms with Crippen molar-refractivity contribution >= 4 is 11.8 Å². The van der Waals surface area contributed by atoms with Gasteiger partial charge in [0.2, 0.25) is 11.8 Å². The zero-order valence-electron chi connectivity index (χ0n) is 15.2. The molecule has 26 heavy (non-hydrogen) atoms. The first-order valence-corrected chi connectivity index (χ1v) is 10.1. The Morgan fingerprint density at radius 2 is 2.12 bits per heavy atom. The molecule has 3 unspecified atom stereocenters. The molecule has 0 bridgehead atoms. The van der Waals surface area contributed by atoms with E-state index in [4.69, 9.17) is 0 Å². The zero-order valence-corrected chi connectivity index (χ0v) is 15.2. The second kappa shape index (κ2) is 6.06. The number of rotatable bonds is 4. The predicted molar refractivity (Wildman–Crippen MR) is 94.1 cm³/mol. The molecule has 0 aromatic carbocycles. The highest BCUT2D eigenvalue weighted by Gasteiger charge is 2.66. The van der Waals surface area contributed by atoms with Crippen molar-refractivity contribution in [3.63, 3.8) is 0 Å². The molecule has 1 aromatic rings. The Balaban J connectivity index is 1.21. The topological polar surface area (TPSA) is 80.1 Å². The lowest BCUT2D eigenvalue weighted by atomic mass is 10.00. The van der Waals surface area contributed by atoms with Crippen molar-refractivity contribution in [2.24, 2.45) is 11.3 Å². The maximum absolute atomic E-state index is 12.9. The van der Waals surface area contributed by atoms with E-state index in [0.29, 0.717) is 17.9 Å². The molecular weight excluding hydrogens is 330 g/mol. The van der Waals surface area contributed by atoms with Gasteiger partial charge in [-0.3, -0.25) is 9.59 Å². The average Bonchev–Trinajstić information content (AvgIpc) is 3.55. The van der Waals surface area contributed by atoms with Crippen molar-refractivity contribution in [2.75, 3.05) is 13.1 Å². The third kappa shape index (κ3) is 2.72. The minimum Gasteiger partial charge on any atom is -0.352 e. The molecule has 2 aliphatic carbocycles. The molecule has 1 N–H and O–H groups in total. The third-order valence-corrected chi connectivity index (χ3v) is 6.93. The summed E-state index contributed by atoms with van der Waals surface area (Å²) in [7, 11) is 0. The van der Waals surface area contributed by atoms with Crippen molar-refractivity contribution in [1.29, 1.82) is 0 Å². The molecular formula is C19H27N5O2. The fraction of sp³-hybridized carbons (Fsp3) is 0.789. The Kier molecular flexibility index (Phi) is 3.79. The molecule has 2 amide bonds. The van der Waals surface area contributed by atoms with E-state index in [-0.39, 0.29) is 23.9 Å². The summed E-state index contributed by atoms with van der Waals surface area (Å²) in [5.41, 5.74) is 0.397. The Morgan fingerprint density at radius 3 is 2.92 bits per heavy atom. The molecule has 2 aliphatic heterocycles. The summed E-state index contributed by atoms with van der Waals surface area (Å²) in [4.78, 5) is 31.9. The molecule has 140 valence electrons. The lowest BCUT2D eigenvalue weighted by Crippen LogP contribution is -2.51. The lowest BCUT2D eigenvalue weighted by Gasteiger charge is -2.36. The summed E-state index contributed by atoms with van der Waals surface area (Å²) < 4.78 is 1.77. The minimum atomic E-state index is -0.257. The second-order valence-electron chi connectivity index (χ2n) is 8.57. The van der Waals surface area contributed by atoms with Crippen LogP contribution in [-0.4, -0.2) is 50.6 Å². The fourth-order valence-corrected chi connectivity index (χ4v) is 4.98. The number of likely N-dealkylation sites (tertiary alicyclic amines) is 1. The van der Waals surface area contributed by atoms with Crippen LogP contribution in [0.15, 0.2) is 6.33 Å². The van der Waals surface area contributed by atoms with E-state index in [1.165, 1.54) is 19.2 Å². The van der Waals surface area contributed by atoms with Gasteiger partial charge < -0.3 is 10.2 Å². The smallest absolute Gasteiger partial charge is 0.245 e. The summed E-state index contributed by atoms with van der Waals surface area (Å²) in [5, 5.41) is 7.34. The highest BCUT2D eigenvalue weighted by molar-refractivity contribution is 5.84. The number of aryl methyl sites for hydroxylation is 1. The summed E-state index contributed by atoms with van der Waals surface area (Å²) in [6.45, 7) is 1.41. The van der Waals surface area contributed by atoms with Crippen molar-refractivity contribution in [2.45, 2.75) is 69.9 Å². The molecule has 5 rings (SSSR count). The van der Waals surface area contributed by atoms with E-state index < -0.39 is 0 Å². The normalized spacial score (nSPS) is 31.4. The van der Waals surface area contributed by atoms with Gasteiger partial charge in [0, 0.05) is 31.5 Å². The Bertz CT molecular complexity index is 725. The predicted octanol–water partition coefficient (Wildman–Crippen LogP) is 1.45. The average molecular weight is 357 g/mol. The van der Waals surface area contributed by atoms with Gasteiger partial charge in [-0.2, -0.15) is 5.10 Å². The molecule has 3 fully saturated rings. The molecule has 7 heteroatoms. The van der Waals surface area contributed by atoms with Gasteiger partial charge in [0.05, 0.1) is 0 Å². The largest absolute Gasteiger partial charge is 0.352 e. The van der Waals surface area contributed by atoms with E-state index in [1.54, 1.807) is 4.68 Å². The van der Waals surface area contributed by atoms with Gasteiger partial charge >= 0.3 is 0 Å². The Morgan fingerprint density at radius 1 is 1.23 bits per heavy atom. The lowest BCUT2D eigenvalue weighted by molar-refractivity contribution is -0.137. The van der Waals surface area contributed by atoms with Crippen LogP contribution < -0.4 is 5.32 Å². The van der Waals surface area contributed by atoms with E-state index in [0.717, 1.165) is 57.3 Å². The maximum atomic E-state index is 12.9. The first-order chi connectivity index (χ1) is 12.7. The fourth-order valence-electron chi connectivity index (χ4n) is 4.98. The van der Waals surface area contributed by atoms with Crippen molar-refractivity contribution in [3.8, 4) is 0 Å². The van der Waals surface area contributed by atoms with Crippen LogP contribution in [0.3, 0.4) is 0 Å². The van der Waals surface area contributed by atoms with Crippen LogP contribution in [0.2, 0.25) is 0 Å². The number of hydrogen-bond donors (Lipinski definition) is 1. The van der Waals surface area contributed by atoms with Crippen LogP contribution in [0.1, 0.15) is 63.2 Å². The first-order valence-electron chi connectivity index (χ1n) is 10.1. The molecule has 7 nitrogen and oxygen atoms in total. The standard InChI is InChI=1S/C19H27N5O2/c25-17(15-5-3-6-16-21-12-22-24(15)16)20-11-13-4-1-2-9-23(13)18(26)14-10-19(14)7-8-19/h12-15H,1-11H2,(H,20,25). The van der Waals surface area contributed by atoms with Crippen LogP contribution in [0, 0.1) is 11.3 Å². The van der Waals surface area contributed by atoms with Gasteiger partial charge in [-0.05, 0) is 56.8 Å². The van der Waals surface area contributed by atoms with Crippen LogP contribution in [-0.2, 0) is 16.0 Å². The zero-order chi connectivity index (χ0) is 17.7. The van der Waals surface area contributed by atoms with Gasteiger partial charge in [0.25, 0.3) is 0 Å². The number of hydrogen-bond acceptors (Lipinski definition) is 4. The van der Waals surface area contributed by atoms with Crippen molar-refractivity contribution < 1.29 is 9.59 Å². The highest BCUT2D eigenvalue weighted by atomic mass is 16.2. The molecule has 1 aromatic heterocycles. The molecule has 2 saturated carbocycles. The van der Waals surface area contributed by atoms with E-state index in [2.05, 4.69) is 20.3 Å². The molecule has 3 atom stereocenters. The molecule has 3 heterocycles. The Labute approximate surface area is 153 Å². The summed E-state index contributed by atoms with van der Waals surface area (Å²) in [5.74, 6) is 1.53. The van der Waals surface area contributed by atoms with Crippen LogP contribution in [0.4, 0.5) is 0 Å². The van der Waals surface area contributed by atoms with Gasteiger partial charge in [0.1, 0.15) is 18.2 Å². The van der Waals surface area contributed by atoms with Gasteiger partial charge in [-0.15, -0.1) is 0 Å². The van der Waals surface area contributed by atoms with Gasteiger partial charge in [-0.1, -0.05) is 0 Å².